The summed E-state index contributed by atoms with van der Waals surface area (Å²) in [5.41, 5.74) is 3.76. The summed E-state index contributed by atoms with van der Waals surface area (Å²) < 4.78 is 38.7. The highest BCUT2D eigenvalue weighted by molar-refractivity contribution is 5.90. The molecule has 2 rings (SSSR count). The fourth-order valence-corrected chi connectivity index (χ4v) is 1.77. The first-order valence-electron chi connectivity index (χ1n) is 5.78. The second kappa shape index (κ2) is 5.04. The maximum absolute atomic E-state index is 12.5. The van der Waals surface area contributed by atoms with Crippen LogP contribution in [0.5, 0.6) is 0 Å². The van der Waals surface area contributed by atoms with E-state index < -0.39 is 28.8 Å². The Balaban J connectivity index is 2.54. The lowest BCUT2D eigenvalue weighted by atomic mass is 10.2. The van der Waals surface area contributed by atoms with E-state index in [-0.39, 0.29) is 5.69 Å². The van der Waals surface area contributed by atoms with Gasteiger partial charge in [-0.25, -0.2) is 4.68 Å². The third kappa shape index (κ3) is 2.93. The number of primary amides is 1. The van der Waals surface area contributed by atoms with Gasteiger partial charge in [-0.2, -0.15) is 18.3 Å². The third-order valence-corrected chi connectivity index (χ3v) is 2.78. The van der Waals surface area contributed by atoms with Gasteiger partial charge < -0.3 is 5.73 Å². The Morgan fingerprint density at radius 2 is 1.81 bits per heavy atom. The van der Waals surface area contributed by atoms with Crippen LogP contribution in [0.2, 0.25) is 0 Å². The van der Waals surface area contributed by atoms with Gasteiger partial charge in [0.25, 0.3) is 5.91 Å². The van der Waals surface area contributed by atoms with E-state index in [9.17, 15) is 22.8 Å². The lowest BCUT2D eigenvalue weighted by molar-refractivity contribution is -0.137. The van der Waals surface area contributed by atoms with Crippen molar-refractivity contribution in [3.05, 3.63) is 57.5 Å². The van der Waals surface area contributed by atoms with Gasteiger partial charge in [-0.05, 0) is 31.2 Å². The Morgan fingerprint density at radius 3 is 2.29 bits per heavy atom. The number of carbonyl (C=O) groups is 1. The first kappa shape index (κ1) is 14.8. The molecule has 0 aliphatic heterocycles. The quantitative estimate of drug-likeness (QED) is 0.915. The van der Waals surface area contributed by atoms with Gasteiger partial charge in [0.1, 0.15) is 0 Å². The van der Waals surface area contributed by atoms with Crippen LogP contribution in [0.3, 0.4) is 0 Å². The Hall–Kier alpha value is -2.64. The number of rotatable bonds is 2. The van der Waals surface area contributed by atoms with E-state index in [4.69, 9.17) is 5.73 Å². The molecule has 5 nitrogen and oxygen atoms in total. The highest BCUT2D eigenvalue weighted by Crippen LogP contribution is 2.29. The van der Waals surface area contributed by atoms with E-state index in [0.717, 1.165) is 18.2 Å². The highest BCUT2D eigenvalue weighted by atomic mass is 19.4. The van der Waals surface area contributed by atoms with Crippen molar-refractivity contribution in [2.24, 2.45) is 5.73 Å². The van der Waals surface area contributed by atoms with Crippen LogP contribution in [0.15, 0.2) is 35.1 Å². The normalized spacial score (nSPS) is 11.4. The lowest BCUT2D eigenvalue weighted by Crippen LogP contribution is -2.27. The molecule has 0 atom stereocenters. The minimum atomic E-state index is -4.44. The second-order valence-corrected chi connectivity index (χ2v) is 4.32. The summed E-state index contributed by atoms with van der Waals surface area (Å²) in [7, 11) is 0. The number of amides is 1. The molecule has 0 bridgehead atoms. The molecule has 2 aromatic rings. The average molecular weight is 297 g/mol. The molecule has 0 unspecified atom stereocenters. The summed E-state index contributed by atoms with van der Waals surface area (Å²) in [5, 5.41) is 3.78. The van der Waals surface area contributed by atoms with Crippen molar-refractivity contribution in [2.45, 2.75) is 13.1 Å². The zero-order chi connectivity index (χ0) is 15.8. The molecule has 110 valence electrons. The number of nitrogens with two attached hydrogens (primary N) is 1. The van der Waals surface area contributed by atoms with Crippen LogP contribution in [-0.4, -0.2) is 15.7 Å². The zero-order valence-electron chi connectivity index (χ0n) is 10.8. The summed E-state index contributed by atoms with van der Waals surface area (Å²) in [6.45, 7) is 1.54. The Bertz CT molecular complexity index is 749. The topological polar surface area (TPSA) is 78.0 Å². The Kier molecular flexibility index (Phi) is 3.54. The smallest absolute Gasteiger partial charge is 0.364 e. The molecule has 0 aliphatic carbocycles. The molecule has 0 fully saturated rings. The average Bonchev–Trinajstić information content (AvgIpc) is 2.37. The molecule has 1 amide bonds. The standard InChI is InChI=1S/C13H10F3N3O2/c1-7-6-10(20)11(12(17)21)18-19(7)9-4-2-8(3-5-9)13(14,15)16/h2-6H,1H3,(H2,17,21). The van der Waals surface area contributed by atoms with Crippen molar-refractivity contribution in [2.75, 3.05) is 0 Å². The number of nitrogens with zero attached hydrogens (tertiary/aromatic N) is 2. The van der Waals surface area contributed by atoms with Crippen molar-refractivity contribution in [1.29, 1.82) is 0 Å². The summed E-state index contributed by atoms with van der Waals surface area (Å²) in [6.07, 6.45) is -4.44. The second-order valence-electron chi connectivity index (χ2n) is 4.32. The molecule has 0 spiro atoms. The number of alkyl halides is 3. The van der Waals surface area contributed by atoms with E-state index in [1.807, 2.05) is 0 Å². The number of carbonyl (C=O) groups excluding carboxylic acids is 1. The number of aryl methyl sites for hydroxylation is 1. The molecule has 21 heavy (non-hydrogen) atoms. The van der Waals surface area contributed by atoms with Gasteiger partial charge in [0, 0.05) is 11.8 Å². The van der Waals surface area contributed by atoms with E-state index in [2.05, 4.69) is 5.10 Å². The van der Waals surface area contributed by atoms with Gasteiger partial charge in [0.2, 0.25) is 5.43 Å². The molecule has 1 aromatic heterocycles. The SMILES string of the molecule is Cc1cc(=O)c(C(N)=O)nn1-c1ccc(C(F)(F)F)cc1. The number of aromatic nitrogens is 2. The fraction of sp³-hybridized carbons (Fsp3) is 0.154. The molecule has 0 saturated carbocycles. The Labute approximate surface area is 116 Å². The monoisotopic (exact) mass is 297 g/mol. The molecule has 0 aliphatic rings. The maximum Gasteiger partial charge on any atom is 0.416 e. The van der Waals surface area contributed by atoms with Gasteiger partial charge in [0.15, 0.2) is 5.69 Å². The molecule has 0 radical (unpaired) electrons. The van der Waals surface area contributed by atoms with Gasteiger partial charge >= 0.3 is 6.18 Å². The predicted molar refractivity (Wildman–Crippen MR) is 68.1 cm³/mol. The van der Waals surface area contributed by atoms with Crippen molar-refractivity contribution in [3.63, 3.8) is 0 Å². The molecule has 8 heteroatoms. The first-order chi connectivity index (χ1) is 9.70. The van der Waals surface area contributed by atoms with Crippen LogP contribution < -0.4 is 11.2 Å². The number of benzene rings is 1. The van der Waals surface area contributed by atoms with E-state index in [1.54, 1.807) is 0 Å². The van der Waals surface area contributed by atoms with E-state index in [0.29, 0.717) is 5.69 Å². The maximum atomic E-state index is 12.5. The lowest BCUT2D eigenvalue weighted by Gasteiger charge is -2.12. The van der Waals surface area contributed by atoms with Crippen LogP contribution in [0.4, 0.5) is 13.2 Å². The minimum absolute atomic E-state index is 0.281. The van der Waals surface area contributed by atoms with Crippen molar-refractivity contribution >= 4 is 5.91 Å². The summed E-state index contributed by atoms with van der Waals surface area (Å²) >= 11 is 0. The third-order valence-electron chi connectivity index (χ3n) is 2.78. The molecule has 1 aromatic carbocycles. The number of halogens is 3. The van der Waals surface area contributed by atoms with Crippen molar-refractivity contribution in [3.8, 4) is 5.69 Å². The van der Waals surface area contributed by atoms with Gasteiger partial charge in [-0.1, -0.05) is 0 Å². The van der Waals surface area contributed by atoms with Crippen LogP contribution in [0.1, 0.15) is 21.7 Å². The molecule has 0 saturated heterocycles. The van der Waals surface area contributed by atoms with Crippen LogP contribution in [-0.2, 0) is 6.18 Å². The van der Waals surface area contributed by atoms with Crippen LogP contribution in [0.25, 0.3) is 5.69 Å². The summed E-state index contributed by atoms with van der Waals surface area (Å²) in [4.78, 5) is 22.6. The van der Waals surface area contributed by atoms with Gasteiger partial charge in [-0.3, -0.25) is 9.59 Å². The van der Waals surface area contributed by atoms with Gasteiger partial charge in [0.05, 0.1) is 11.3 Å². The van der Waals surface area contributed by atoms with Crippen molar-refractivity contribution in [1.82, 2.24) is 9.78 Å². The Morgan fingerprint density at radius 1 is 1.24 bits per heavy atom. The molecular weight excluding hydrogens is 287 g/mol. The van der Waals surface area contributed by atoms with Crippen LogP contribution >= 0.6 is 0 Å². The molecule has 1 heterocycles. The van der Waals surface area contributed by atoms with Crippen molar-refractivity contribution < 1.29 is 18.0 Å². The highest BCUT2D eigenvalue weighted by Gasteiger charge is 2.30. The first-order valence-corrected chi connectivity index (χ1v) is 5.78. The largest absolute Gasteiger partial charge is 0.416 e. The minimum Gasteiger partial charge on any atom is -0.364 e. The number of hydrogen-bond acceptors (Lipinski definition) is 3. The molecular formula is C13H10F3N3O2. The fourth-order valence-electron chi connectivity index (χ4n) is 1.77. The zero-order valence-corrected chi connectivity index (χ0v) is 10.8. The van der Waals surface area contributed by atoms with Gasteiger partial charge in [-0.15, -0.1) is 0 Å². The predicted octanol–water partition coefficient (Wildman–Crippen LogP) is 1.66. The van der Waals surface area contributed by atoms with Crippen LogP contribution in [0, 0.1) is 6.92 Å². The summed E-state index contributed by atoms with van der Waals surface area (Å²) in [6, 6.07) is 5.30. The van der Waals surface area contributed by atoms with E-state index >= 15 is 0 Å². The molecule has 2 N–H and O–H groups in total. The number of hydrogen-bond donors (Lipinski definition) is 1. The van der Waals surface area contributed by atoms with E-state index in [1.165, 1.54) is 23.7 Å². The summed E-state index contributed by atoms with van der Waals surface area (Å²) in [5.74, 6) is -0.999.